The topological polar surface area (TPSA) is 35.5 Å². The van der Waals surface area contributed by atoms with Crippen LogP contribution in [0.2, 0.25) is 0 Å². The van der Waals surface area contributed by atoms with Gasteiger partial charge in [0.05, 0.1) is 7.11 Å². The molecular weight excluding hydrogens is 311 g/mol. The first-order chi connectivity index (χ1) is 10.4. The number of halogens is 5. The lowest BCUT2D eigenvalue weighted by atomic mass is 10.1. The molecule has 0 spiro atoms. The highest BCUT2D eigenvalue weighted by molar-refractivity contribution is 5.91. The van der Waals surface area contributed by atoms with E-state index >= 15 is 0 Å². The van der Waals surface area contributed by atoms with Crippen LogP contribution in [0.15, 0.2) is 24.3 Å². The number of ether oxygens (including phenoxy) is 2. The maximum Gasteiger partial charge on any atom is 0.349 e. The Morgan fingerprint density at radius 1 is 0.773 bits per heavy atom. The summed E-state index contributed by atoms with van der Waals surface area (Å²) in [5.41, 5.74) is -1.66. The number of carbonyl (C=O) groups is 1. The summed E-state index contributed by atoms with van der Waals surface area (Å²) in [7, 11) is 1.38. The molecular formula is C14H7F5O3. The fourth-order valence-corrected chi connectivity index (χ4v) is 1.59. The average molecular weight is 318 g/mol. The molecule has 0 N–H and O–H groups in total. The molecule has 0 bridgehead atoms. The summed E-state index contributed by atoms with van der Waals surface area (Å²) >= 11 is 0. The highest BCUT2D eigenvalue weighted by Gasteiger charge is 2.30. The molecule has 0 aliphatic carbocycles. The Labute approximate surface area is 120 Å². The number of carbonyl (C=O) groups excluding carboxylic acids is 1. The van der Waals surface area contributed by atoms with Crippen LogP contribution in [0, 0.1) is 29.1 Å². The number of rotatable bonds is 3. The monoisotopic (exact) mass is 318 g/mol. The van der Waals surface area contributed by atoms with Gasteiger partial charge in [-0.25, -0.2) is 26.7 Å². The maximum absolute atomic E-state index is 13.4. The van der Waals surface area contributed by atoms with Crippen LogP contribution in [0.1, 0.15) is 10.4 Å². The van der Waals surface area contributed by atoms with Gasteiger partial charge in [0, 0.05) is 0 Å². The van der Waals surface area contributed by atoms with Gasteiger partial charge in [-0.2, -0.15) is 0 Å². The highest BCUT2D eigenvalue weighted by atomic mass is 19.2. The summed E-state index contributed by atoms with van der Waals surface area (Å²) in [6.07, 6.45) is 0. The summed E-state index contributed by atoms with van der Waals surface area (Å²) in [6, 6.07) is 5.20. The third kappa shape index (κ3) is 2.72. The first kappa shape index (κ1) is 15.7. The van der Waals surface area contributed by atoms with E-state index < -0.39 is 40.6 Å². The van der Waals surface area contributed by atoms with Gasteiger partial charge in [-0.05, 0) is 24.3 Å². The summed E-state index contributed by atoms with van der Waals surface area (Å²) < 4.78 is 75.2. The van der Waals surface area contributed by atoms with Crippen molar-refractivity contribution in [3.63, 3.8) is 0 Å². The molecule has 0 fully saturated rings. The molecule has 2 rings (SSSR count). The van der Waals surface area contributed by atoms with Crippen LogP contribution in [0.5, 0.6) is 11.5 Å². The second-order valence-corrected chi connectivity index (χ2v) is 4.01. The lowest BCUT2D eigenvalue weighted by Gasteiger charge is -2.08. The minimum absolute atomic E-state index is 0.158. The number of esters is 1. The van der Waals surface area contributed by atoms with E-state index in [1.165, 1.54) is 31.4 Å². The summed E-state index contributed by atoms with van der Waals surface area (Å²) in [5.74, 6) is -12.8. The maximum atomic E-state index is 13.4. The van der Waals surface area contributed by atoms with E-state index in [-0.39, 0.29) is 5.75 Å². The second kappa shape index (κ2) is 6.00. The molecule has 0 aromatic heterocycles. The zero-order valence-corrected chi connectivity index (χ0v) is 10.9. The average Bonchev–Trinajstić information content (AvgIpc) is 2.52. The van der Waals surface area contributed by atoms with Gasteiger partial charge in [0.1, 0.15) is 17.1 Å². The highest BCUT2D eigenvalue weighted by Crippen LogP contribution is 2.25. The van der Waals surface area contributed by atoms with Gasteiger partial charge in [0.25, 0.3) is 0 Å². The molecule has 0 heterocycles. The van der Waals surface area contributed by atoms with Crippen LogP contribution in [0.3, 0.4) is 0 Å². The van der Waals surface area contributed by atoms with E-state index in [2.05, 4.69) is 4.74 Å². The molecule has 2 aromatic rings. The Morgan fingerprint density at radius 3 is 1.64 bits per heavy atom. The normalized spacial score (nSPS) is 10.5. The molecule has 3 nitrogen and oxygen atoms in total. The first-order valence-corrected chi connectivity index (χ1v) is 5.74. The fraction of sp³-hybridized carbons (Fsp3) is 0.0714. The van der Waals surface area contributed by atoms with Crippen molar-refractivity contribution in [2.24, 2.45) is 0 Å². The van der Waals surface area contributed by atoms with Crippen LogP contribution in [-0.4, -0.2) is 13.1 Å². The van der Waals surface area contributed by atoms with Crippen molar-refractivity contribution >= 4 is 5.97 Å². The van der Waals surface area contributed by atoms with Crippen molar-refractivity contribution < 1.29 is 36.2 Å². The van der Waals surface area contributed by atoms with Crippen molar-refractivity contribution in [3.8, 4) is 11.5 Å². The van der Waals surface area contributed by atoms with Gasteiger partial charge in [0.2, 0.25) is 5.82 Å². The van der Waals surface area contributed by atoms with Gasteiger partial charge in [-0.3, -0.25) is 0 Å². The van der Waals surface area contributed by atoms with Crippen LogP contribution in [0.4, 0.5) is 22.0 Å². The van der Waals surface area contributed by atoms with E-state index in [4.69, 9.17) is 4.74 Å². The van der Waals surface area contributed by atoms with Gasteiger partial charge in [-0.15, -0.1) is 0 Å². The molecule has 0 amide bonds. The van der Waals surface area contributed by atoms with Gasteiger partial charge >= 0.3 is 5.97 Å². The van der Waals surface area contributed by atoms with E-state index in [9.17, 15) is 26.7 Å². The zero-order valence-electron chi connectivity index (χ0n) is 10.9. The minimum Gasteiger partial charge on any atom is -0.497 e. The number of methoxy groups -OCH3 is 1. The smallest absolute Gasteiger partial charge is 0.349 e. The molecule has 0 saturated carbocycles. The van der Waals surface area contributed by atoms with Gasteiger partial charge < -0.3 is 9.47 Å². The van der Waals surface area contributed by atoms with Crippen LogP contribution >= 0.6 is 0 Å². The van der Waals surface area contributed by atoms with Gasteiger partial charge in [-0.1, -0.05) is 0 Å². The SMILES string of the molecule is COc1ccc(OC(=O)c2c(F)c(F)c(F)c(F)c2F)cc1. The van der Waals surface area contributed by atoms with Crippen molar-refractivity contribution in [2.75, 3.05) is 7.11 Å². The van der Waals surface area contributed by atoms with Crippen LogP contribution < -0.4 is 9.47 Å². The quantitative estimate of drug-likeness (QED) is 0.285. The Bertz CT molecular complexity index is 699. The first-order valence-electron chi connectivity index (χ1n) is 5.74. The standard InChI is InChI=1S/C14H7F5O3/c1-21-6-2-4-7(5-3-6)22-14(20)8-9(15)11(17)13(19)12(18)10(8)16/h2-5H,1H3. The Balaban J connectivity index is 2.37. The number of hydrogen-bond acceptors (Lipinski definition) is 3. The van der Waals surface area contributed by atoms with Gasteiger partial charge in [0.15, 0.2) is 23.3 Å². The molecule has 22 heavy (non-hydrogen) atoms. The van der Waals surface area contributed by atoms with Crippen molar-refractivity contribution in [1.29, 1.82) is 0 Å². The molecule has 0 aliphatic heterocycles. The molecule has 0 radical (unpaired) electrons. The predicted octanol–water partition coefficient (Wildman–Crippen LogP) is 3.61. The van der Waals surface area contributed by atoms with E-state index in [0.29, 0.717) is 5.75 Å². The predicted molar refractivity (Wildman–Crippen MR) is 64.2 cm³/mol. The third-order valence-electron chi connectivity index (χ3n) is 2.68. The molecule has 0 unspecified atom stereocenters. The zero-order chi connectivity index (χ0) is 16.4. The molecule has 0 saturated heterocycles. The van der Waals surface area contributed by atoms with Crippen LogP contribution in [0.25, 0.3) is 0 Å². The summed E-state index contributed by atoms with van der Waals surface area (Å²) in [4.78, 5) is 11.6. The summed E-state index contributed by atoms with van der Waals surface area (Å²) in [6.45, 7) is 0. The lowest BCUT2D eigenvalue weighted by Crippen LogP contribution is -2.17. The minimum atomic E-state index is -2.35. The Hall–Kier alpha value is -2.64. The van der Waals surface area contributed by atoms with Crippen molar-refractivity contribution in [1.82, 2.24) is 0 Å². The number of hydrogen-bond donors (Lipinski definition) is 0. The fourth-order valence-electron chi connectivity index (χ4n) is 1.59. The van der Waals surface area contributed by atoms with Crippen molar-refractivity contribution in [3.05, 3.63) is 58.9 Å². The number of benzene rings is 2. The Kier molecular flexibility index (Phi) is 4.30. The van der Waals surface area contributed by atoms with E-state index in [1.807, 2.05) is 0 Å². The van der Waals surface area contributed by atoms with Crippen LogP contribution in [-0.2, 0) is 0 Å². The van der Waals surface area contributed by atoms with E-state index in [0.717, 1.165) is 0 Å². The molecule has 2 aromatic carbocycles. The Morgan fingerprint density at radius 2 is 1.18 bits per heavy atom. The molecule has 0 aliphatic rings. The third-order valence-corrected chi connectivity index (χ3v) is 2.68. The second-order valence-electron chi connectivity index (χ2n) is 4.01. The summed E-state index contributed by atoms with van der Waals surface area (Å²) in [5, 5.41) is 0. The largest absolute Gasteiger partial charge is 0.497 e. The molecule has 116 valence electrons. The lowest BCUT2D eigenvalue weighted by molar-refractivity contribution is 0.0721. The van der Waals surface area contributed by atoms with Crippen molar-refractivity contribution in [2.45, 2.75) is 0 Å². The van der Waals surface area contributed by atoms with E-state index in [1.54, 1.807) is 0 Å². The molecule has 8 heteroatoms. The molecule has 0 atom stereocenters.